The first-order chi connectivity index (χ1) is 8.40. The number of hydrogen-bond donors (Lipinski definition) is 1. The van der Waals surface area contributed by atoms with Crippen LogP contribution in [0.4, 0.5) is 11.4 Å². The number of para-hydroxylation sites is 2. The molecule has 1 aliphatic heterocycles. The van der Waals surface area contributed by atoms with Crippen LogP contribution in [0.25, 0.3) is 0 Å². The maximum Gasteiger partial charge on any atom is 0.0517 e. The second kappa shape index (κ2) is 4.22. The third-order valence-electron chi connectivity index (χ3n) is 3.36. The first kappa shape index (κ1) is 10.4. The van der Waals surface area contributed by atoms with Gasteiger partial charge < -0.3 is 10.0 Å². The lowest BCUT2D eigenvalue weighted by atomic mass is 10.0. The highest BCUT2D eigenvalue weighted by Gasteiger charge is 2.28. The number of hydrogen-bond acceptors (Lipinski definition) is 2. The summed E-state index contributed by atoms with van der Waals surface area (Å²) in [5.74, 6) is 0.228. The minimum atomic E-state index is 0.209. The van der Waals surface area contributed by atoms with E-state index in [0.717, 1.165) is 6.54 Å². The van der Waals surface area contributed by atoms with Gasteiger partial charge in [-0.1, -0.05) is 36.4 Å². The molecular weight excluding hydrogens is 210 g/mol. The van der Waals surface area contributed by atoms with E-state index >= 15 is 0 Å². The largest absolute Gasteiger partial charge is 0.396 e. The molecule has 2 nitrogen and oxygen atoms in total. The average Bonchev–Trinajstić information content (AvgIpc) is 2.78. The van der Waals surface area contributed by atoms with Crippen molar-refractivity contribution in [1.82, 2.24) is 0 Å². The maximum absolute atomic E-state index is 9.45. The zero-order chi connectivity index (χ0) is 11.7. The van der Waals surface area contributed by atoms with Gasteiger partial charge in [-0.15, -0.1) is 0 Å². The zero-order valence-electron chi connectivity index (χ0n) is 9.58. The smallest absolute Gasteiger partial charge is 0.0517 e. The highest BCUT2D eigenvalue weighted by molar-refractivity contribution is 5.71. The van der Waals surface area contributed by atoms with Crippen molar-refractivity contribution in [2.24, 2.45) is 0 Å². The fraction of sp³-hybridized carbons (Fsp3) is 0.200. The molecule has 17 heavy (non-hydrogen) atoms. The van der Waals surface area contributed by atoms with Crippen LogP contribution in [0.5, 0.6) is 0 Å². The molecule has 0 spiro atoms. The highest BCUT2D eigenvalue weighted by atomic mass is 16.3. The fourth-order valence-corrected chi connectivity index (χ4v) is 2.50. The fourth-order valence-electron chi connectivity index (χ4n) is 2.50. The minimum absolute atomic E-state index is 0.209. The Kier molecular flexibility index (Phi) is 2.57. The molecule has 3 rings (SSSR count). The SMILES string of the molecule is OCC1CN(c2ccccc2)c2ccccc21. The van der Waals surface area contributed by atoms with Crippen LogP contribution in [0.3, 0.4) is 0 Å². The zero-order valence-corrected chi connectivity index (χ0v) is 9.58. The normalized spacial score (nSPS) is 18.2. The van der Waals surface area contributed by atoms with Crippen LogP contribution in [0.2, 0.25) is 0 Å². The topological polar surface area (TPSA) is 23.5 Å². The summed E-state index contributed by atoms with van der Waals surface area (Å²) in [5, 5.41) is 9.45. The van der Waals surface area contributed by atoms with E-state index in [2.05, 4.69) is 35.2 Å². The van der Waals surface area contributed by atoms with Crippen molar-refractivity contribution in [3.8, 4) is 0 Å². The second-order valence-electron chi connectivity index (χ2n) is 4.38. The van der Waals surface area contributed by atoms with Crippen molar-refractivity contribution in [2.45, 2.75) is 5.92 Å². The lowest BCUT2D eigenvalue weighted by Crippen LogP contribution is -2.16. The molecule has 1 N–H and O–H groups in total. The molecule has 0 amide bonds. The Labute approximate surface area is 101 Å². The van der Waals surface area contributed by atoms with Crippen molar-refractivity contribution < 1.29 is 5.11 Å². The van der Waals surface area contributed by atoms with E-state index in [1.165, 1.54) is 16.9 Å². The number of fused-ring (bicyclic) bond motifs is 1. The van der Waals surface area contributed by atoms with Crippen molar-refractivity contribution >= 4 is 11.4 Å². The maximum atomic E-state index is 9.45. The Bertz CT molecular complexity index is 509. The van der Waals surface area contributed by atoms with Crippen molar-refractivity contribution in [2.75, 3.05) is 18.1 Å². The summed E-state index contributed by atoms with van der Waals surface area (Å²) in [5.41, 5.74) is 3.66. The summed E-state index contributed by atoms with van der Waals surface area (Å²) in [6.07, 6.45) is 0. The molecule has 0 radical (unpaired) electrons. The van der Waals surface area contributed by atoms with Gasteiger partial charge in [0.1, 0.15) is 0 Å². The molecule has 1 aliphatic rings. The van der Waals surface area contributed by atoms with E-state index in [0.29, 0.717) is 0 Å². The van der Waals surface area contributed by atoms with Gasteiger partial charge in [-0.2, -0.15) is 0 Å². The number of nitrogens with zero attached hydrogens (tertiary/aromatic N) is 1. The predicted molar refractivity (Wildman–Crippen MR) is 69.7 cm³/mol. The van der Waals surface area contributed by atoms with Gasteiger partial charge in [-0.05, 0) is 23.8 Å². The monoisotopic (exact) mass is 225 g/mol. The van der Waals surface area contributed by atoms with Gasteiger partial charge in [0, 0.05) is 23.8 Å². The second-order valence-corrected chi connectivity index (χ2v) is 4.38. The first-order valence-corrected chi connectivity index (χ1v) is 5.92. The third kappa shape index (κ3) is 1.71. The first-order valence-electron chi connectivity index (χ1n) is 5.92. The Morgan fingerprint density at radius 3 is 2.47 bits per heavy atom. The Morgan fingerprint density at radius 1 is 1.00 bits per heavy atom. The molecule has 0 saturated heterocycles. The molecule has 0 bridgehead atoms. The molecule has 0 saturated carbocycles. The summed E-state index contributed by atoms with van der Waals surface area (Å²) in [7, 11) is 0. The van der Waals surface area contributed by atoms with E-state index in [9.17, 15) is 5.11 Å². The molecule has 2 aromatic carbocycles. The quantitative estimate of drug-likeness (QED) is 0.849. The van der Waals surface area contributed by atoms with E-state index < -0.39 is 0 Å². The molecule has 0 aliphatic carbocycles. The molecule has 2 heteroatoms. The van der Waals surface area contributed by atoms with E-state index in [4.69, 9.17) is 0 Å². The lowest BCUT2D eigenvalue weighted by molar-refractivity contribution is 0.271. The summed E-state index contributed by atoms with van der Waals surface area (Å²) in [4.78, 5) is 2.27. The van der Waals surface area contributed by atoms with Crippen LogP contribution in [-0.2, 0) is 0 Å². The molecule has 1 heterocycles. The Morgan fingerprint density at radius 2 is 1.71 bits per heavy atom. The number of rotatable bonds is 2. The van der Waals surface area contributed by atoms with E-state index in [1.54, 1.807) is 0 Å². The number of anilines is 2. The van der Waals surface area contributed by atoms with Crippen molar-refractivity contribution in [3.63, 3.8) is 0 Å². The van der Waals surface area contributed by atoms with Crippen LogP contribution >= 0.6 is 0 Å². The average molecular weight is 225 g/mol. The third-order valence-corrected chi connectivity index (χ3v) is 3.36. The molecule has 2 aromatic rings. The summed E-state index contributed by atoms with van der Waals surface area (Å²) < 4.78 is 0. The summed E-state index contributed by atoms with van der Waals surface area (Å²) in [6.45, 7) is 1.07. The molecule has 86 valence electrons. The van der Waals surface area contributed by atoms with Crippen LogP contribution < -0.4 is 4.90 Å². The van der Waals surface area contributed by atoms with Crippen LogP contribution in [0.15, 0.2) is 54.6 Å². The van der Waals surface area contributed by atoms with Gasteiger partial charge in [0.25, 0.3) is 0 Å². The van der Waals surface area contributed by atoms with Gasteiger partial charge in [0.2, 0.25) is 0 Å². The van der Waals surface area contributed by atoms with Crippen LogP contribution in [-0.4, -0.2) is 18.3 Å². The van der Waals surface area contributed by atoms with E-state index in [-0.39, 0.29) is 12.5 Å². The highest BCUT2D eigenvalue weighted by Crippen LogP contribution is 2.40. The van der Waals surface area contributed by atoms with Crippen LogP contribution in [0.1, 0.15) is 11.5 Å². The standard InChI is InChI=1S/C15H15NO/c17-11-12-10-16(13-6-2-1-3-7-13)15-9-5-4-8-14(12)15/h1-9,12,17H,10-11H2. The lowest BCUT2D eigenvalue weighted by Gasteiger charge is -2.19. The summed E-state index contributed by atoms with van der Waals surface area (Å²) in [6, 6.07) is 18.7. The van der Waals surface area contributed by atoms with Gasteiger partial charge in [0.05, 0.1) is 6.61 Å². The van der Waals surface area contributed by atoms with Crippen molar-refractivity contribution in [1.29, 1.82) is 0 Å². The number of benzene rings is 2. The Balaban J connectivity index is 2.05. The molecule has 1 unspecified atom stereocenters. The van der Waals surface area contributed by atoms with Crippen LogP contribution in [0, 0.1) is 0 Å². The van der Waals surface area contributed by atoms with Gasteiger partial charge in [0.15, 0.2) is 0 Å². The molecule has 0 aromatic heterocycles. The predicted octanol–water partition coefficient (Wildman–Crippen LogP) is 2.91. The molecular formula is C15H15NO. The molecule has 0 fully saturated rings. The Hall–Kier alpha value is -1.80. The minimum Gasteiger partial charge on any atom is -0.396 e. The van der Waals surface area contributed by atoms with Gasteiger partial charge in [-0.3, -0.25) is 0 Å². The molecule has 1 atom stereocenters. The number of aliphatic hydroxyl groups excluding tert-OH is 1. The van der Waals surface area contributed by atoms with Crippen molar-refractivity contribution in [3.05, 3.63) is 60.2 Å². The summed E-state index contributed by atoms with van der Waals surface area (Å²) >= 11 is 0. The van der Waals surface area contributed by atoms with Gasteiger partial charge in [-0.25, -0.2) is 0 Å². The number of aliphatic hydroxyl groups is 1. The van der Waals surface area contributed by atoms with Gasteiger partial charge >= 0.3 is 0 Å². The van der Waals surface area contributed by atoms with E-state index in [1.807, 2.05) is 24.3 Å².